The van der Waals surface area contributed by atoms with Crippen LogP contribution in [-0.4, -0.2) is 25.9 Å². The molecule has 0 unspecified atom stereocenters. The predicted octanol–water partition coefficient (Wildman–Crippen LogP) is 1.25. The zero-order chi connectivity index (χ0) is 12.0. The zero-order valence-electron chi connectivity index (χ0n) is 9.27. The first-order valence-corrected chi connectivity index (χ1v) is 7.74. The van der Waals surface area contributed by atoms with Gasteiger partial charge in [-0.25, -0.2) is 13.1 Å². The normalized spacial score (nSPS) is 11.9. The van der Waals surface area contributed by atoms with Gasteiger partial charge in [0.25, 0.3) is 0 Å². The maximum atomic E-state index is 11.5. The topological polar surface area (TPSA) is 66.4 Å². The number of hydrogen-bond donors (Lipinski definition) is 2. The van der Waals surface area contributed by atoms with Gasteiger partial charge in [0.15, 0.2) is 0 Å². The summed E-state index contributed by atoms with van der Waals surface area (Å²) in [7, 11) is -3.20. The lowest BCUT2D eigenvalue weighted by atomic mass is 10.2. The molecular weight excluding hydrogens is 246 g/mol. The summed E-state index contributed by atoms with van der Waals surface area (Å²) in [6.07, 6.45) is 1.02. The van der Waals surface area contributed by atoms with Gasteiger partial charge in [0.2, 0.25) is 10.0 Å². The van der Waals surface area contributed by atoms with Gasteiger partial charge >= 0.3 is 0 Å². The van der Waals surface area contributed by atoms with E-state index in [1.807, 2.05) is 17.7 Å². The molecule has 0 aliphatic carbocycles. The van der Waals surface area contributed by atoms with Gasteiger partial charge in [-0.3, -0.25) is 0 Å². The molecule has 92 valence electrons. The summed E-state index contributed by atoms with van der Waals surface area (Å²) in [4.78, 5) is 0. The van der Waals surface area contributed by atoms with Crippen LogP contribution in [0.3, 0.4) is 0 Å². The molecule has 1 rings (SSSR count). The molecule has 6 heteroatoms. The van der Waals surface area contributed by atoms with Crippen molar-refractivity contribution in [2.45, 2.75) is 26.3 Å². The molecule has 0 spiro atoms. The maximum absolute atomic E-state index is 11.5. The maximum Gasteiger partial charge on any atom is 0.211 e. The van der Waals surface area contributed by atoms with Gasteiger partial charge < -0.3 is 5.11 Å². The molecular formula is C10H17NO3S2. The van der Waals surface area contributed by atoms with Crippen molar-refractivity contribution in [1.82, 2.24) is 4.72 Å². The van der Waals surface area contributed by atoms with E-state index in [0.29, 0.717) is 19.4 Å². The molecule has 1 heterocycles. The van der Waals surface area contributed by atoms with Crippen molar-refractivity contribution >= 4 is 21.4 Å². The molecule has 0 fully saturated rings. The van der Waals surface area contributed by atoms with Crippen LogP contribution in [-0.2, 0) is 16.6 Å². The van der Waals surface area contributed by atoms with Crippen molar-refractivity contribution in [1.29, 1.82) is 0 Å². The van der Waals surface area contributed by atoms with Gasteiger partial charge in [0, 0.05) is 13.2 Å². The number of rotatable bonds is 7. The molecule has 0 bridgehead atoms. The number of aryl methyl sites for hydroxylation is 1. The molecule has 16 heavy (non-hydrogen) atoms. The number of nitrogens with one attached hydrogen (secondary N) is 1. The molecule has 1 aromatic rings. The molecule has 2 N–H and O–H groups in total. The van der Waals surface area contributed by atoms with Crippen LogP contribution in [0, 0.1) is 6.92 Å². The number of unbranched alkanes of at least 4 members (excludes halogenated alkanes) is 1. The van der Waals surface area contributed by atoms with E-state index in [4.69, 9.17) is 5.11 Å². The van der Waals surface area contributed by atoms with E-state index in [1.54, 1.807) is 11.3 Å². The molecule has 0 atom stereocenters. The van der Waals surface area contributed by atoms with Crippen molar-refractivity contribution in [3.63, 3.8) is 0 Å². The Hall–Kier alpha value is -0.430. The molecule has 0 aromatic carbocycles. The summed E-state index contributed by atoms with van der Waals surface area (Å²) in [6, 6.07) is 0. The fourth-order valence-corrected chi connectivity index (χ4v) is 3.19. The minimum absolute atomic E-state index is 0.0408. The smallest absolute Gasteiger partial charge is 0.211 e. The Balaban J connectivity index is 2.39. The SMILES string of the molecule is Cc1cscc1CNS(=O)(=O)CCCCO. The lowest BCUT2D eigenvalue weighted by molar-refractivity contribution is 0.287. The molecule has 4 nitrogen and oxygen atoms in total. The van der Waals surface area contributed by atoms with Crippen LogP contribution < -0.4 is 4.72 Å². The third-order valence-electron chi connectivity index (χ3n) is 2.27. The summed E-state index contributed by atoms with van der Waals surface area (Å²) in [5, 5.41) is 12.5. The monoisotopic (exact) mass is 263 g/mol. The Morgan fingerprint density at radius 2 is 2.12 bits per heavy atom. The predicted molar refractivity (Wildman–Crippen MR) is 66.0 cm³/mol. The first kappa shape index (κ1) is 13.6. The van der Waals surface area contributed by atoms with Crippen molar-refractivity contribution in [3.05, 3.63) is 21.9 Å². The van der Waals surface area contributed by atoms with Crippen LogP contribution in [0.15, 0.2) is 10.8 Å². The Bertz CT molecular complexity index is 411. The van der Waals surface area contributed by atoms with E-state index in [1.165, 1.54) is 0 Å². The van der Waals surface area contributed by atoms with Gasteiger partial charge in [-0.1, -0.05) is 0 Å². The number of sulfonamides is 1. The molecule has 0 saturated carbocycles. The molecule has 0 amide bonds. The summed E-state index contributed by atoms with van der Waals surface area (Å²) < 4.78 is 25.6. The quantitative estimate of drug-likeness (QED) is 0.728. The first-order chi connectivity index (χ1) is 7.55. The fourth-order valence-electron chi connectivity index (χ4n) is 1.23. The number of thiophene rings is 1. The zero-order valence-corrected chi connectivity index (χ0v) is 10.9. The third kappa shape index (κ3) is 4.61. The van der Waals surface area contributed by atoms with E-state index >= 15 is 0 Å². The van der Waals surface area contributed by atoms with E-state index < -0.39 is 10.0 Å². The van der Waals surface area contributed by atoms with Crippen LogP contribution in [0.25, 0.3) is 0 Å². The molecule has 0 aliphatic heterocycles. The van der Waals surface area contributed by atoms with Gasteiger partial charge in [0.05, 0.1) is 5.75 Å². The number of aliphatic hydroxyl groups excluding tert-OH is 1. The molecule has 0 saturated heterocycles. The highest BCUT2D eigenvalue weighted by Crippen LogP contribution is 2.13. The van der Waals surface area contributed by atoms with Gasteiger partial charge in [-0.2, -0.15) is 11.3 Å². The highest BCUT2D eigenvalue weighted by Gasteiger charge is 2.10. The Morgan fingerprint density at radius 1 is 1.38 bits per heavy atom. The standard InChI is InChI=1S/C10H17NO3S2/c1-9-7-15-8-10(9)6-11-16(13,14)5-3-2-4-12/h7-8,11-12H,2-6H2,1H3. The molecule has 1 aromatic heterocycles. The second-order valence-electron chi connectivity index (χ2n) is 3.65. The largest absolute Gasteiger partial charge is 0.396 e. The first-order valence-electron chi connectivity index (χ1n) is 5.15. The summed E-state index contributed by atoms with van der Waals surface area (Å²) in [6.45, 7) is 2.36. The van der Waals surface area contributed by atoms with E-state index in [9.17, 15) is 8.42 Å². The highest BCUT2D eigenvalue weighted by molar-refractivity contribution is 7.89. The summed E-state index contributed by atoms with van der Waals surface area (Å²) >= 11 is 1.57. The lowest BCUT2D eigenvalue weighted by Gasteiger charge is -2.05. The number of hydrogen-bond acceptors (Lipinski definition) is 4. The minimum Gasteiger partial charge on any atom is -0.396 e. The average molecular weight is 263 g/mol. The van der Waals surface area contributed by atoms with Crippen molar-refractivity contribution in [2.75, 3.05) is 12.4 Å². The van der Waals surface area contributed by atoms with Crippen LogP contribution >= 0.6 is 11.3 Å². The summed E-state index contributed by atoms with van der Waals surface area (Å²) in [5.74, 6) is 0.0801. The van der Waals surface area contributed by atoms with Crippen molar-refractivity contribution in [2.24, 2.45) is 0 Å². The van der Waals surface area contributed by atoms with Crippen LogP contribution in [0.2, 0.25) is 0 Å². The van der Waals surface area contributed by atoms with E-state index in [-0.39, 0.29) is 12.4 Å². The van der Waals surface area contributed by atoms with Gasteiger partial charge in [-0.15, -0.1) is 0 Å². The number of aliphatic hydroxyl groups is 1. The third-order valence-corrected chi connectivity index (χ3v) is 4.59. The van der Waals surface area contributed by atoms with Gasteiger partial charge in [0.1, 0.15) is 0 Å². The molecule has 0 radical (unpaired) electrons. The average Bonchev–Trinajstić information content (AvgIpc) is 2.62. The highest BCUT2D eigenvalue weighted by atomic mass is 32.2. The second kappa shape index (κ2) is 6.34. The van der Waals surface area contributed by atoms with Crippen molar-refractivity contribution in [3.8, 4) is 0 Å². The fraction of sp³-hybridized carbons (Fsp3) is 0.600. The van der Waals surface area contributed by atoms with Crippen LogP contribution in [0.1, 0.15) is 24.0 Å². The van der Waals surface area contributed by atoms with E-state index in [2.05, 4.69) is 4.72 Å². The van der Waals surface area contributed by atoms with Crippen LogP contribution in [0.5, 0.6) is 0 Å². The Kier molecular flexibility index (Phi) is 5.40. The Labute approximate surface area is 100 Å². The van der Waals surface area contributed by atoms with Crippen molar-refractivity contribution < 1.29 is 13.5 Å². The van der Waals surface area contributed by atoms with Gasteiger partial charge in [-0.05, 0) is 41.7 Å². The summed E-state index contributed by atoms with van der Waals surface area (Å²) in [5.41, 5.74) is 2.14. The Morgan fingerprint density at radius 3 is 2.69 bits per heavy atom. The second-order valence-corrected chi connectivity index (χ2v) is 6.32. The molecule has 0 aliphatic rings. The van der Waals surface area contributed by atoms with E-state index in [0.717, 1.165) is 11.1 Å². The minimum atomic E-state index is -3.20. The lowest BCUT2D eigenvalue weighted by Crippen LogP contribution is -2.26. The van der Waals surface area contributed by atoms with Crippen LogP contribution in [0.4, 0.5) is 0 Å².